The number of carboxylic acids is 1. The lowest BCUT2D eigenvalue weighted by atomic mass is 10.1. The fourth-order valence-electron chi connectivity index (χ4n) is 1.94. The van der Waals surface area contributed by atoms with Crippen LogP contribution in [0.5, 0.6) is 0 Å². The second-order valence-electron chi connectivity index (χ2n) is 4.98. The van der Waals surface area contributed by atoms with E-state index in [-0.39, 0.29) is 18.3 Å². The van der Waals surface area contributed by atoms with Gasteiger partial charge >= 0.3 is 5.97 Å². The van der Waals surface area contributed by atoms with Crippen molar-refractivity contribution in [3.05, 3.63) is 35.1 Å². The standard InChI is InChI=1S/C15H19FN2O2/c1-11(2)18(7-3-4-15(19)20)10-13-8-12(9-17)5-6-14(13)16/h5-6,8,11H,3-4,7,10H2,1-2H3,(H,19,20). The first-order valence-corrected chi connectivity index (χ1v) is 6.58. The van der Waals surface area contributed by atoms with Gasteiger partial charge in [0.05, 0.1) is 11.6 Å². The summed E-state index contributed by atoms with van der Waals surface area (Å²) in [6.07, 6.45) is 0.622. The van der Waals surface area contributed by atoms with Crippen molar-refractivity contribution in [1.29, 1.82) is 5.26 Å². The number of hydrogen-bond acceptors (Lipinski definition) is 3. The van der Waals surface area contributed by atoms with Gasteiger partial charge in [0.2, 0.25) is 0 Å². The molecular formula is C15H19FN2O2. The van der Waals surface area contributed by atoms with Crippen molar-refractivity contribution in [3.63, 3.8) is 0 Å². The van der Waals surface area contributed by atoms with Crippen LogP contribution in [-0.2, 0) is 11.3 Å². The summed E-state index contributed by atoms with van der Waals surface area (Å²) >= 11 is 0. The first-order chi connectivity index (χ1) is 9.43. The van der Waals surface area contributed by atoms with E-state index in [4.69, 9.17) is 10.4 Å². The largest absolute Gasteiger partial charge is 0.481 e. The second-order valence-corrected chi connectivity index (χ2v) is 4.98. The minimum atomic E-state index is -0.827. The number of aliphatic carboxylic acids is 1. The van der Waals surface area contributed by atoms with E-state index in [1.54, 1.807) is 6.07 Å². The van der Waals surface area contributed by atoms with Gasteiger partial charge in [-0.05, 0) is 45.0 Å². The van der Waals surface area contributed by atoms with Crippen molar-refractivity contribution in [2.45, 2.75) is 39.3 Å². The predicted molar refractivity (Wildman–Crippen MR) is 73.5 cm³/mol. The Morgan fingerprint density at radius 3 is 2.75 bits per heavy atom. The predicted octanol–water partition coefficient (Wildman–Crippen LogP) is 2.77. The molecule has 0 aliphatic rings. The molecule has 0 bridgehead atoms. The fraction of sp³-hybridized carbons (Fsp3) is 0.467. The van der Waals surface area contributed by atoms with Gasteiger partial charge in [-0.2, -0.15) is 5.26 Å². The molecule has 0 saturated carbocycles. The van der Waals surface area contributed by atoms with Gasteiger partial charge in [-0.3, -0.25) is 9.69 Å². The lowest BCUT2D eigenvalue weighted by Gasteiger charge is -2.26. The normalized spacial score (nSPS) is 10.8. The highest BCUT2D eigenvalue weighted by atomic mass is 19.1. The Morgan fingerprint density at radius 1 is 1.50 bits per heavy atom. The molecule has 0 spiro atoms. The minimum Gasteiger partial charge on any atom is -0.481 e. The Morgan fingerprint density at radius 2 is 2.20 bits per heavy atom. The molecule has 4 nitrogen and oxygen atoms in total. The first-order valence-electron chi connectivity index (χ1n) is 6.58. The fourth-order valence-corrected chi connectivity index (χ4v) is 1.94. The first kappa shape index (κ1) is 16.1. The molecule has 0 saturated heterocycles. The van der Waals surface area contributed by atoms with Crippen LogP contribution < -0.4 is 0 Å². The molecule has 1 aromatic rings. The minimum absolute atomic E-state index is 0.101. The monoisotopic (exact) mass is 278 g/mol. The van der Waals surface area contributed by atoms with Crippen LogP contribution in [0.3, 0.4) is 0 Å². The number of nitriles is 1. The van der Waals surface area contributed by atoms with E-state index < -0.39 is 5.97 Å². The van der Waals surface area contributed by atoms with Crippen LogP contribution in [0.4, 0.5) is 4.39 Å². The van der Waals surface area contributed by atoms with Crippen molar-refractivity contribution in [3.8, 4) is 6.07 Å². The summed E-state index contributed by atoms with van der Waals surface area (Å²) in [5, 5.41) is 17.5. The van der Waals surface area contributed by atoms with E-state index in [2.05, 4.69) is 0 Å². The molecule has 0 atom stereocenters. The van der Waals surface area contributed by atoms with Crippen LogP contribution in [0, 0.1) is 17.1 Å². The van der Waals surface area contributed by atoms with Crippen molar-refractivity contribution in [2.24, 2.45) is 0 Å². The zero-order valence-corrected chi connectivity index (χ0v) is 11.8. The summed E-state index contributed by atoms with van der Waals surface area (Å²) in [6, 6.07) is 6.45. The highest BCUT2D eigenvalue weighted by molar-refractivity contribution is 5.66. The van der Waals surface area contributed by atoms with Crippen molar-refractivity contribution >= 4 is 5.97 Å². The zero-order valence-electron chi connectivity index (χ0n) is 11.8. The number of carbonyl (C=O) groups is 1. The van der Waals surface area contributed by atoms with Gasteiger partial charge in [-0.25, -0.2) is 4.39 Å². The smallest absolute Gasteiger partial charge is 0.303 e. The quantitative estimate of drug-likeness (QED) is 0.833. The maximum atomic E-state index is 13.7. The van der Waals surface area contributed by atoms with Gasteiger partial charge in [0.25, 0.3) is 0 Å². The summed E-state index contributed by atoms with van der Waals surface area (Å²) < 4.78 is 13.7. The van der Waals surface area contributed by atoms with Crippen LogP contribution in [0.1, 0.15) is 37.8 Å². The van der Waals surface area contributed by atoms with Crippen LogP contribution in [-0.4, -0.2) is 28.6 Å². The molecule has 0 amide bonds. The zero-order chi connectivity index (χ0) is 15.1. The highest BCUT2D eigenvalue weighted by Crippen LogP contribution is 2.15. The average molecular weight is 278 g/mol. The van der Waals surface area contributed by atoms with E-state index in [0.717, 1.165) is 0 Å². The third kappa shape index (κ3) is 4.98. The molecule has 5 heteroatoms. The number of rotatable bonds is 7. The molecule has 0 heterocycles. The van der Waals surface area contributed by atoms with Gasteiger partial charge < -0.3 is 5.11 Å². The molecular weight excluding hydrogens is 259 g/mol. The molecule has 20 heavy (non-hydrogen) atoms. The summed E-state index contributed by atoms with van der Waals surface area (Å²) in [7, 11) is 0. The molecule has 1 aromatic carbocycles. The Kier molecular flexibility index (Phi) is 6.13. The number of halogens is 1. The second kappa shape index (κ2) is 7.61. The number of nitrogens with zero attached hydrogens (tertiary/aromatic N) is 2. The van der Waals surface area contributed by atoms with E-state index in [9.17, 15) is 9.18 Å². The number of hydrogen-bond donors (Lipinski definition) is 1. The number of carboxylic acid groups (broad SMARTS) is 1. The Labute approximate surface area is 118 Å². The molecule has 0 radical (unpaired) electrons. The van der Waals surface area contributed by atoms with E-state index in [1.807, 2.05) is 24.8 Å². The third-order valence-electron chi connectivity index (χ3n) is 3.11. The molecule has 0 aromatic heterocycles. The summed E-state index contributed by atoms with van der Waals surface area (Å²) in [4.78, 5) is 12.5. The lowest BCUT2D eigenvalue weighted by molar-refractivity contribution is -0.137. The van der Waals surface area contributed by atoms with E-state index in [1.165, 1.54) is 12.1 Å². The van der Waals surface area contributed by atoms with Crippen LogP contribution in [0.25, 0.3) is 0 Å². The Hall–Kier alpha value is -1.93. The van der Waals surface area contributed by atoms with Crippen LogP contribution >= 0.6 is 0 Å². The van der Waals surface area contributed by atoms with Gasteiger partial charge in [0, 0.05) is 24.6 Å². The molecule has 0 unspecified atom stereocenters. The van der Waals surface area contributed by atoms with Crippen LogP contribution in [0.15, 0.2) is 18.2 Å². The number of benzene rings is 1. The van der Waals surface area contributed by atoms with Gasteiger partial charge in [0.15, 0.2) is 0 Å². The maximum absolute atomic E-state index is 13.7. The third-order valence-corrected chi connectivity index (χ3v) is 3.11. The van der Waals surface area contributed by atoms with Gasteiger partial charge in [0.1, 0.15) is 5.82 Å². The molecule has 1 N–H and O–H groups in total. The summed E-state index contributed by atoms with van der Waals surface area (Å²) in [6.45, 7) is 4.92. The molecule has 0 aliphatic heterocycles. The lowest BCUT2D eigenvalue weighted by Crippen LogP contribution is -2.32. The average Bonchev–Trinajstić information content (AvgIpc) is 2.39. The van der Waals surface area contributed by atoms with Crippen molar-refractivity contribution < 1.29 is 14.3 Å². The van der Waals surface area contributed by atoms with Crippen LogP contribution in [0.2, 0.25) is 0 Å². The van der Waals surface area contributed by atoms with Crippen molar-refractivity contribution in [1.82, 2.24) is 4.90 Å². The topological polar surface area (TPSA) is 64.3 Å². The molecule has 1 rings (SSSR count). The summed E-state index contributed by atoms with van der Waals surface area (Å²) in [5.41, 5.74) is 0.892. The highest BCUT2D eigenvalue weighted by Gasteiger charge is 2.13. The van der Waals surface area contributed by atoms with E-state index >= 15 is 0 Å². The Bertz CT molecular complexity index is 509. The summed E-state index contributed by atoms with van der Waals surface area (Å²) in [5.74, 6) is -1.17. The SMILES string of the molecule is CC(C)N(CCCC(=O)O)Cc1cc(C#N)ccc1F. The van der Waals surface area contributed by atoms with Crippen molar-refractivity contribution in [2.75, 3.05) is 6.54 Å². The van der Waals surface area contributed by atoms with E-state index in [0.29, 0.717) is 30.6 Å². The van der Waals surface area contributed by atoms with Gasteiger partial charge in [-0.15, -0.1) is 0 Å². The molecule has 0 aliphatic carbocycles. The molecule has 0 fully saturated rings. The maximum Gasteiger partial charge on any atom is 0.303 e. The molecule has 108 valence electrons. The van der Waals surface area contributed by atoms with Gasteiger partial charge in [-0.1, -0.05) is 0 Å². The Balaban J connectivity index is 2.75.